The van der Waals surface area contributed by atoms with Gasteiger partial charge in [-0.1, -0.05) is 39.0 Å². The maximum Gasteiger partial charge on any atom is 0.231 e. The molecule has 0 aromatic heterocycles. The predicted molar refractivity (Wildman–Crippen MR) is 125 cm³/mol. The molecule has 4 N–H and O–H groups in total. The first-order chi connectivity index (χ1) is 15.5. The number of ether oxygens (including phenoxy) is 1. The molecule has 8 nitrogen and oxygen atoms in total. The number of guanidine groups is 1. The smallest absolute Gasteiger partial charge is 0.231 e. The summed E-state index contributed by atoms with van der Waals surface area (Å²) in [5, 5.41) is 25.6. The first-order valence-electron chi connectivity index (χ1n) is 12.0. The number of fused-ring (bicyclic) bond motifs is 1. The number of carbonyl (C=O) groups excluding carboxylic acids is 2. The van der Waals surface area contributed by atoms with E-state index in [2.05, 4.69) is 10.6 Å². The third-order valence-corrected chi connectivity index (χ3v) is 8.01. The van der Waals surface area contributed by atoms with Crippen LogP contribution >= 0.6 is 0 Å². The zero-order valence-corrected chi connectivity index (χ0v) is 20.1. The molecule has 33 heavy (non-hydrogen) atoms. The van der Waals surface area contributed by atoms with Gasteiger partial charge in [0.15, 0.2) is 5.96 Å². The van der Waals surface area contributed by atoms with E-state index >= 15 is 0 Å². The molecule has 4 rings (SSSR count). The van der Waals surface area contributed by atoms with Crippen molar-refractivity contribution in [3.63, 3.8) is 0 Å². The van der Waals surface area contributed by atoms with Crippen LogP contribution in [-0.4, -0.2) is 51.6 Å². The largest absolute Gasteiger partial charge is 0.485 e. The summed E-state index contributed by atoms with van der Waals surface area (Å²) in [7, 11) is 0. The van der Waals surface area contributed by atoms with Crippen LogP contribution in [0.2, 0.25) is 0 Å². The minimum atomic E-state index is -0.902. The van der Waals surface area contributed by atoms with Crippen LogP contribution in [0.1, 0.15) is 65.5 Å². The minimum Gasteiger partial charge on any atom is -0.485 e. The number of nitrogens with one attached hydrogen (secondary N) is 3. The Hall–Kier alpha value is -2.61. The van der Waals surface area contributed by atoms with Crippen molar-refractivity contribution in [3.05, 3.63) is 29.8 Å². The Morgan fingerprint density at radius 2 is 1.97 bits per heavy atom. The number of benzene rings is 1. The Morgan fingerprint density at radius 1 is 1.30 bits per heavy atom. The third kappa shape index (κ3) is 4.09. The van der Waals surface area contributed by atoms with Gasteiger partial charge in [0.25, 0.3) is 0 Å². The van der Waals surface area contributed by atoms with Crippen LogP contribution in [0.3, 0.4) is 0 Å². The molecule has 1 saturated heterocycles. The summed E-state index contributed by atoms with van der Waals surface area (Å²) < 4.78 is 5.95. The Morgan fingerprint density at radius 3 is 2.61 bits per heavy atom. The fourth-order valence-electron chi connectivity index (χ4n) is 5.36. The molecule has 0 bridgehead atoms. The van der Waals surface area contributed by atoms with E-state index in [4.69, 9.17) is 10.1 Å². The number of carbonyl (C=O) groups is 2. The summed E-state index contributed by atoms with van der Waals surface area (Å²) in [4.78, 5) is 27.6. The van der Waals surface area contributed by atoms with Gasteiger partial charge in [0.2, 0.25) is 11.8 Å². The maximum atomic E-state index is 13.2. The Kier molecular flexibility index (Phi) is 5.93. The molecule has 8 heteroatoms. The molecule has 2 heterocycles. The number of aliphatic hydroxyl groups excluding tert-OH is 1. The van der Waals surface area contributed by atoms with E-state index in [0.717, 1.165) is 18.4 Å². The standard InChI is InChI=1S/C25H36N4O4/c1-6-25(7-2)12-18(30)29(23(26)28-25)13-16-14(3)19(16)22(32)27-20-15-10-8-9-11-17(15)33-24(4,5)21(20)31/h8-11,14,16,19-21,31H,6-7,12-13H2,1-5H3,(H2,26,28)(H,27,32)/t14?,16?,19?,20-,21+/m1/s1. The summed E-state index contributed by atoms with van der Waals surface area (Å²) in [6.07, 6.45) is 1.02. The molecular formula is C25H36N4O4. The number of rotatable bonds is 6. The van der Waals surface area contributed by atoms with Crippen molar-refractivity contribution in [2.75, 3.05) is 6.54 Å². The highest BCUT2D eigenvalue weighted by molar-refractivity contribution is 5.99. The van der Waals surface area contributed by atoms with Crippen molar-refractivity contribution >= 4 is 17.8 Å². The molecule has 2 fully saturated rings. The number of hydrogen-bond donors (Lipinski definition) is 4. The lowest BCUT2D eigenvalue weighted by molar-refractivity contribution is -0.132. The van der Waals surface area contributed by atoms with Gasteiger partial charge in [-0.05, 0) is 44.6 Å². The van der Waals surface area contributed by atoms with Crippen LogP contribution in [0.5, 0.6) is 5.75 Å². The first kappa shape index (κ1) is 23.5. The van der Waals surface area contributed by atoms with E-state index in [0.29, 0.717) is 18.7 Å². The molecule has 3 unspecified atom stereocenters. The molecule has 1 aromatic rings. The fraction of sp³-hybridized carbons (Fsp3) is 0.640. The normalized spacial score (nSPS) is 31.8. The first-order valence-corrected chi connectivity index (χ1v) is 12.0. The number of nitrogens with zero attached hydrogens (tertiary/aromatic N) is 1. The molecule has 1 aliphatic carbocycles. The van der Waals surface area contributed by atoms with Gasteiger partial charge >= 0.3 is 0 Å². The summed E-state index contributed by atoms with van der Waals surface area (Å²) >= 11 is 0. The number of hydrogen-bond acceptors (Lipinski definition) is 5. The fourth-order valence-corrected chi connectivity index (χ4v) is 5.36. The minimum absolute atomic E-state index is 0.0212. The van der Waals surface area contributed by atoms with Crippen molar-refractivity contribution in [3.8, 4) is 5.75 Å². The van der Waals surface area contributed by atoms with Crippen LogP contribution in [0.15, 0.2) is 24.3 Å². The Balaban J connectivity index is 1.44. The van der Waals surface area contributed by atoms with Crippen LogP contribution in [0.25, 0.3) is 0 Å². The van der Waals surface area contributed by atoms with Crippen molar-refractivity contribution < 1.29 is 19.4 Å². The van der Waals surface area contributed by atoms with E-state index in [9.17, 15) is 14.7 Å². The Labute approximate surface area is 195 Å². The van der Waals surface area contributed by atoms with Gasteiger partial charge in [0.05, 0.1) is 12.5 Å². The average molecular weight is 457 g/mol. The van der Waals surface area contributed by atoms with E-state index in [1.165, 1.54) is 4.90 Å². The van der Waals surface area contributed by atoms with Gasteiger partial charge in [-0.3, -0.25) is 19.9 Å². The summed E-state index contributed by atoms with van der Waals surface area (Å²) in [6, 6.07) is 6.87. The average Bonchev–Trinajstić information content (AvgIpc) is 3.42. The zero-order chi connectivity index (χ0) is 24.1. The SMILES string of the molecule is CCC1(CC)CC(=O)N(CC2C(C)C2C(=O)N[C@@H]2c3ccccc3OC(C)(C)[C@H]2O)C(=N)N1. The molecule has 0 radical (unpaired) electrons. The molecule has 3 aliphatic rings. The lowest BCUT2D eigenvalue weighted by Crippen LogP contribution is -2.62. The molecule has 2 amide bonds. The molecule has 1 saturated carbocycles. The van der Waals surface area contributed by atoms with Crippen LogP contribution in [0.4, 0.5) is 0 Å². The number of para-hydroxylation sites is 1. The number of aliphatic hydroxyl groups is 1. The molecule has 5 atom stereocenters. The second-order valence-electron chi connectivity index (χ2n) is 10.4. The quantitative estimate of drug-likeness (QED) is 0.525. The lowest BCUT2D eigenvalue weighted by Gasteiger charge is -2.42. The van der Waals surface area contributed by atoms with Gasteiger partial charge in [0, 0.05) is 23.6 Å². The highest BCUT2D eigenvalue weighted by Gasteiger charge is 2.55. The van der Waals surface area contributed by atoms with Gasteiger partial charge in [-0.15, -0.1) is 0 Å². The van der Waals surface area contributed by atoms with Gasteiger partial charge in [-0.25, -0.2) is 0 Å². The van der Waals surface area contributed by atoms with E-state index < -0.39 is 17.7 Å². The molecule has 180 valence electrons. The van der Waals surface area contributed by atoms with Crippen LogP contribution in [0, 0.1) is 23.2 Å². The molecular weight excluding hydrogens is 420 g/mol. The van der Waals surface area contributed by atoms with Gasteiger partial charge in [0.1, 0.15) is 17.5 Å². The van der Waals surface area contributed by atoms with Gasteiger partial charge < -0.3 is 20.5 Å². The summed E-state index contributed by atoms with van der Waals surface area (Å²) in [5.74, 6) is 0.401. The zero-order valence-electron chi connectivity index (χ0n) is 20.1. The van der Waals surface area contributed by atoms with Crippen molar-refractivity contribution in [1.82, 2.24) is 15.5 Å². The number of amides is 2. The molecule has 0 spiro atoms. The monoisotopic (exact) mass is 456 g/mol. The highest BCUT2D eigenvalue weighted by Crippen LogP contribution is 2.48. The second-order valence-corrected chi connectivity index (χ2v) is 10.4. The second kappa shape index (κ2) is 8.31. The topological polar surface area (TPSA) is 115 Å². The van der Waals surface area contributed by atoms with Crippen LogP contribution in [-0.2, 0) is 9.59 Å². The van der Waals surface area contributed by atoms with Crippen molar-refractivity contribution in [2.45, 2.75) is 77.2 Å². The summed E-state index contributed by atoms with van der Waals surface area (Å²) in [6.45, 7) is 10.0. The molecule has 1 aromatic carbocycles. The Bertz CT molecular complexity index is 937. The summed E-state index contributed by atoms with van der Waals surface area (Å²) in [5.41, 5.74) is -0.432. The highest BCUT2D eigenvalue weighted by atomic mass is 16.5. The van der Waals surface area contributed by atoms with Gasteiger partial charge in [-0.2, -0.15) is 0 Å². The van der Waals surface area contributed by atoms with Crippen molar-refractivity contribution in [1.29, 1.82) is 5.41 Å². The van der Waals surface area contributed by atoms with E-state index in [1.807, 2.05) is 58.9 Å². The van der Waals surface area contributed by atoms with Crippen molar-refractivity contribution in [2.24, 2.45) is 17.8 Å². The maximum absolute atomic E-state index is 13.2. The lowest BCUT2D eigenvalue weighted by atomic mass is 9.86. The van der Waals surface area contributed by atoms with E-state index in [1.54, 1.807) is 0 Å². The predicted octanol–water partition coefficient (Wildman–Crippen LogP) is 2.57. The molecule has 2 aliphatic heterocycles. The van der Waals surface area contributed by atoms with Crippen LogP contribution < -0.4 is 15.4 Å². The van der Waals surface area contributed by atoms with E-state index in [-0.39, 0.29) is 41.1 Å². The third-order valence-electron chi connectivity index (χ3n) is 8.01.